The van der Waals surface area contributed by atoms with Crippen molar-refractivity contribution in [2.75, 3.05) is 33.4 Å². The number of likely N-dealkylation sites (tertiary alicyclic amines) is 1. The zero-order valence-corrected chi connectivity index (χ0v) is 14.0. The Hall–Kier alpha value is -2.56. The first-order valence-corrected chi connectivity index (χ1v) is 7.89. The van der Waals surface area contributed by atoms with Crippen LogP contribution in [0.25, 0.3) is 0 Å². The zero-order valence-electron chi connectivity index (χ0n) is 14.0. The highest BCUT2D eigenvalue weighted by Gasteiger charge is 2.29. The van der Waals surface area contributed by atoms with E-state index in [0.717, 1.165) is 0 Å². The van der Waals surface area contributed by atoms with Crippen molar-refractivity contribution in [3.8, 4) is 6.07 Å². The van der Waals surface area contributed by atoms with Crippen molar-refractivity contribution in [1.82, 2.24) is 10.2 Å². The van der Waals surface area contributed by atoms with E-state index in [1.54, 1.807) is 11.8 Å². The smallest absolute Gasteiger partial charge is 0.309 e. The fourth-order valence-electron chi connectivity index (χ4n) is 2.34. The summed E-state index contributed by atoms with van der Waals surface area (Å²) in [6.07, 6.45) is 2.51. The fraction of sp³-hybridized carbons (Fsp3) is 0.625. The van der Waals surface area contributed by atoms with E-state index in [1.165, 1.54) is 13.3 Å². The summed E-state index contributed by atoms with van der Waals surface area (Å²) in [5.41, 5.74) is -0.0329. The van der Waals surface area contributed by atoms with Gasteiger partial charge in [0, 0.05) is 25.8 Å². The molecule has 1 N–H and O–H groups in total. The Morgan fingerprint density at radius 1 is 1.33 bits per heavy atom. The minimum atomic E-state index is -0.384. The molecule has 0 spiro atoms. The maximum absolute atomic E-state index is 12.3. The van der Waals surface area contributed by atoms with Gasteiger partial charge in [-0.05, 0) is 19.8 Å². The van der Waals surface area contributed by atoms with Crippen molar-refractivity contribution in [2.45, 2.75) is 26.2 Å². The molecular weight excluding hydrogens is 314 g/mol. The van der Waals surface area contributed by atoms with Gasteiger partial charge in [0.05, 0.1) is 26.1 Å². The summed E-state index contributed by atoms with van der Waals surface area (Å²) in [5.74, 6) is -1.18. The molecular formula is C16H23N3O5. The van der Waals surface area contributed by atoms with Crippen molar-refractivity contribution >= 4 is 17.8 Å². The molecule has 24 heavy (non-hydrogen) atoms. The molecule has 1 amide bonds. The highest BCUT2D eigenvalue weighted by molar-refractivity contribution is 5.97. The zero-order chi connectivity index (χ0) is 17.9. The van der Waals surface area contributed by atoms with Gasteiger partial charge in [0.1, 0.15) is 11.6 Å². The molecule has 0 saturated carbocycles. The SMILES string of the molecule is CCOC(=O)C1CCN(C(=O)/C(C#N)=C\NCCC(=O)OC)CC1. The van der Waals surface area contributed by atoms with E-state index in [0.29, 0.717) is 32.5 Å². The lowest BCUT2D eigenvalue weighted by Crippen LogP contribution is -2.41. The Balaban J connectivity index is 2.48. The lowest BCUT2D eigenvalue weighted by Gasteiger charge is -2.30. The van der Waals surface area contributed by atoms with Gasteiger partial charge < -0.3 is 19.7 Å². The Kier molecular flexibility index (Phi) is 8.33. The molecule has 0 atom stereocenters. The van der Waals surface area contributed by atoms with E-state index in [2.05, 4.69) is 10.1 Å². The van der Waals surface area contributed by atoms with Gasteiger partial charge in [-0.15, -0.1) is 0 Å². The third-order valence-electron chi connectivity index (χ3n) is 3.70. The van der Waals surface area contributed by atoms with Crippen molar-refractivity contribution < 1.29 is 23.9 Å². The number of nitrogens with one attached hydrogen (secondary N) is 1. The van der Waals surface area contributed by atoms with Gasteiger partial charge in [-0.25, -0.2) is 0 Å². The molecule has 1 aliphatic heterocycles. The van der Waals surface area contributed by atoms with E-state index in [-0.39, 0.29) is 42.3 Å². The molecule has 132 valence electrons. The molecule has 1 fully saturated rings. The van der Waals surface area contributed by atoms with Crippen LogP contribution in [0.2, 0.25) is 0 Å². The molecule has 0 aromatic rings. The largest absolute Gasteiger partial charge is 0.469 e. The van der Waals surface area contributed by atoms with Crippen LogP contribution < -0.4 is 5.32 Å². The second-order valence-electron chi connectivity index (χ2n) is 5.27. The number of piperidine rings is 1. The first kappa shape index (κ1) is 19.5. The number of nitriles is 1. The van der Waals surface area contributed by atoms with Crippen molar-refractivity contribution in [2.24, 2.45) is 5.92 Å². The van der Waals surface area contributed by atoms with Crippen LogP contribution in [0.4, 0.5) is 0 Å². The first-order chi connectivity index (χ1) is 11.5. The third kappa shape index (κ3) is 5.91. The van der Waals surface area contributed by atoms with Crippen LogP contribution in [0.15, 0.2) is 11.8 Å². The number of nitrogens with zero attached hydrogens (tertiary/aromatic N) is 2. The number of hydrogen-bond donors (Lipinski definition) is 1. The molecule has 0 aliphatic carbocycles. The number of ether oxygens (including phenoxy) is 2. The summed E-state index contributed by atoms with van der Waals surface area (Å²) < 4.78 is 9.48. The van der Waals surface area contributed by atoms with Gasteiger partial charge in [-0.3, -0.25) is 14.4 Å². The summed E-state index contributed by atoms with van der Waals surface area (Å²) in [6.45, 7) is 3.19. The Morgan fingerprint density at radius 3 is 2.54 bits per heavy atom. The van der Waals surface area contributed by atoms with Crippen LogP contribution in [0, 0.1) is 17.2 Å². The number of carbonyl (C=O) groups excluding carboxylic acids is 3. The second-order valence-corrected chi connectivity index (χ2v) is 5.27. The maximum atomic E-state index is 12.3. The van der Waals surface area contributed by atoms with E-state index < -0.39 is 0 Å². The summed E-state index contributed by atoms with van der Waals surface area (Å²) in [6, 6.07) is 1.86. The monoisotopic (exact) mass is 337 g/mol. The molecule has 1 rings (SSSR count). The Morgan fingerprint density at radius 2 is 2.00 bits per heavy atom. The fourth-order valence-corrected chi connectivity index (χ4v) is 2.34. The molecule has 0 aromatic heterocycles. The van der Waals surface area contributed by atoms with Gasteiger partial charge >= 0.3 is 11.9 Å². The van der Waals surface area contributed by atoms with Crippen LogP contribution in [0.5, 0.6) is 0 Å². The molecule has 1 saturated heterocycles. The van der Waals surface area contributed by atoms with Gasteiger partial charge in [-0.2, -0.15) is 5.26 Å². The molecule has 0 radical (unpaired) electrons. The number of rotatable bonds is 7. The van der Waals surface area contributed by atoms with Gasteiger partial charge in [0.15, 0.2) is 0 Å². The lowest BCUT2D eigenvalue weighted by atomic mass is 9.96. The van der Waals surface area contributed by atoms with Crippen LogP contribution >= 0.6 is 0 Å². The summed E-state index contributed by atoms with van der Waals surface area (Å²) in [5, 5.41) is 11.9. The molecule has 8 nitrogen and oxygen atoms in total. The van der Waals surface area contributed by atoms with E-state index in [4.69, 9.17) is 10.00 Å². The third-order valence-corrected chi connectivity index (χ3v) is 3.70. The van der Waals surface area contributed by atoms with Gasteiger partial charge in [0.2, 0.25) is 0 Å². The lowest BCUT2D eigenvalue weighted by molar-refractivity contribution is -0.150. The second kappa shape index (κ2) is 10.3. The van der Waals surface area contributed by atoms with Crippen LogP contribution in [0.1, 0.15) is 26.2 Å². The quantitative estimate of drug-likeness (QED) is 0.309. The van der Waals surface area contributed by atoms with Crippen LogP contribution in [-0.4, -0.2) is 56.1 Å². The number of hydrogen-bond acceptors (Lipinski definition) is 7. The molecule has 0 bridgehead atoms. The summed E-state index contributed by atoms with van der Waals surface area (Å²) >= 11 is 0. The highest BCUT2D eigenvalue weighted by atomic mass is 16.5. The van der Waals surface area contributed by atoms with Crippen molar-refractivity contribution in [3.63, 3.8) is 0 Å². The topological polar surface area (TPSA) is 109 Å². The van der Waals surface area contributed by atoms with Gasteiger partial charge in [0.25, 0.3) is 5.91 Å². The predicted molar refractivity (Wildman–Crippen MR) is 84.3 cm³/mol. The van der Waals surface area contributed by atoms with Crippen LogP contribution in [0.3, 0.4) is 0 Å². The predicted octanol–water partition coefficient (Wildman–Crippen LogP) is 0.348. The summed E-state index contributed by atoms with van der Waals surface area (Å²) in [4.78, 5) is 36.5. The molecule has 0 unspecified atom stereocenters. The summed E-state index contributed by atoms with van der Waals surface area (Å²) in [7, 11) is 1.29. The Labute approximate surface area is 141 Å². The Bertz CT molecular complexity index is 530. The average Bonchev–Trinajstić information content (AvgIpc) is 2.61. The minimum Gasteiger partial charge on any atom is -0.469 e. The minimum absolute atomic E-state index is 0.0329. The van der Waals surface area contributed by atoms with E-state index >= 15 is 0 Å². The first-order valence-electron chi connectivity index (χ1n) is 7.89. The number of amides is 1. The number of carbonyl (C=O) groups is 3. The van der Waals surface area contributed by atoms with Gasteiger partial charge in [-0.1, -0.05) is 0 Å². The molecule has 1 aliphatic rings. The number of methoxy groups -OCH3 is 1. The van der Waals surface area contributed by atoms with Crippen molar-refractivity contribution in [1.29, 1.82) is 5.26 Å². The molecule has 1 heterocycles. The molecule has 0 aromatic carbocycles. The van der Waals surface area contributed by atoms with Crippen LogP contribution in [-0.2, 0) is 23.9 Å². The normalized spacial score (nSPS) is 15.4. The van der Waals surface area contributed by atoms with Crippen molar-refractivity contribution in [3.05, 3.63) is 11.8 Å². The van der Waals surface area contributed by atoms with E-state index in [1.807, 2.05) is 6.07 Å². The number of esters is 2. The highest BCUT2D eigenvalue weighted by Crippen LogP contribution is 2.19. The maximum Gasteiger partial charge on any atom is 0.309 e. The molecule has 8 heteroatoms. The average molecular weight is 337 g/mol. The van der Waals surface area contributed by atoms with E-state index in [9.17, 15) is 14.4 Å². The standard InChI is InChI=1S/C16H23N3O5/c1-3-24-16(22)12-5-8-19(9-6-12)15(21)13(10-17)11-18-7-4-14(20)23-2/h11-12,18H,3-9H2,1-2H3/b13-11-.